The summed E-state index contributed by atoms with van der Waals surface area (Å²) in [6.07, 6.45) is 5.95. The fourth-order valence-corrected chi connectivity index (χ4v) is 3.64. The van der Waals surface area contributed by atoms with Crippen LogP contribution < -0.4 is 5.73 Å². The molecule has 116 valence electrons. The Balaban J connectivity index is 1.96. The monoisotopic (exact) mass is 281 g/mol. The largest absolute Gasteiger partial charge is 0.341 e. The molecule has 0 saturated carbocycles. The SMILES string of the molecule is CC(C)C(C(=O)N1CCC(CN)CC1)N1CCCCC1. The van der Waals surface area contributed by atoms with Gasteiger partial charge in [-0.3, -0.25) is 9.69 Å². The lowest BCUT2D eigenvalue weighted by Gasteiger charge is -2.40. The van der Waals surface area contributed by atoms with Gasteiger partial charge >= 0.3 is 0 Å². The molecular weight excluding hydrogens is 250 g/mol. The van der Waals surface area contributed by atoms with Gasteiger partial charge in [0.05, 0.1) is 6.04 Å². The molecule has 0 bridgehead atoms. The maximum absolute atomic E-state index is 12.9. The molecule has 0 radical (unpaired) electrons. The summed E-state index contributed by atoms with van der Waals surface area (Å²) in [6, 6.07) is 0.0877. The Hall–Kier alpha value is -0.610. The first-order valence-corrected chi connectivity index (χ1v) is 8.36. The predicted molar refractivity (Wildman–Crippen MR) is 82.4 cm³/mol. The second-order valence-electron chi connectivity index (χ2n) is 6.79. The highest BCUT2D eigenvalue weighted by atomic mass is 16.2. The van der Waals surface area contributed by atoms with Crippen LogP contribution in [0.15, 0.2) is 0 Å². The summed E-state index contributed by atoms with van der Waals surface area (Å²) < 4.78 is 0. The van der Waals surface area contributed by atoms with Gasteiger partial charge in [-0.1, -0.05) is 20.3 Å². The van der Waals surface area contributed by atoms with Gasteiger partial charge in [-0.2, -0.15) is 0 Å². The lowest BCUT2D eigenvalue weighted by Crippen LogP contribution is -2.54. The van der Waals surface area contributed by atoms with Crippen LogP contribution in [0.3, 0.4) is 0 Å². The molecule has 0 aromatic heterocycles. The van der Waals surface area contributed by atoms with Gasteiger partial charge in [0.1, 0.15) is 0 Å². The standard InChI is InChI=1S/C16H31N3O/c1-13(2)15(18-8-4-3-5-9-18)16(20)19-10-6-14(12-17)7-11-19/h13-15H,3-12,17H2,1-2H3. The van der Waals surface area contributed by atoms with Crippen molar-refractivity contribution in [2.75, 3.05) is 32.7 Å². The number of hydrogen-bond acceptors (Lipinski definition) is 3. The molecule has 2 heterocycles. The lowest BCUT2D eigenvalue weighted by molar-refractivity contribution is -0.140. The molecule has 2 aliphatic rings. The molecule has 1 amide bonds. The van der Waals surface area contributed by atoms with Crippen LogP contribution in [0, 0.1) is 11.8 Å². The van der Waals surface area contributed by atoms with Crippen LogP contribution in [0.5, 0.6) is 0 Å². The summed E-state index contributed by atoms with van der Waals surface area (Å²) in [6.45, 7) is 9.12. The Morgan fingerprint density at radius 1 is 1.10 bits per heavy atom. The second-order valence-corrected chi connectivity index (χ2v) is 6.79. The van der Waals surface area contributed by atoms with E-state index in [4.69, 9.17) is 5.73 Å². The molecule has 2 rings (SSSR count). The van der Waals surface area contributed by atoms with Gasteiger partial charge in [0, 0.05) is 13.1 Å². The number of piperidine rings is 2. The van der Waals surface area contributed by atoms with E-state index in [-0.39, 0.29) is 6.04 Å². The Morgan fingerprint density at radius 2 is 1.70 bits per heavy atom. The smallest absolute Gasteiger partial charge is 0.240 e. The molecule has 2 aliphatic heterocycles. The van der Waals surface area contributed by atoms with Gasteiger partial charge in [-0.05, 0) is 57.2 Å². The van der Waals surface area contributed by atoms with Crippen molar-refractivity contribution in [3.8, 4) is 0 Å². The second kappa shape index (κ2) is 7.41. The van der Waals surface area contributed by atoms with Crippen LogP contribution in [0.2, 0.25) is 0 Å². The van der Waals surface area contributed by atoms with Crippen molar-refractivity contribution in [2.45, 2.75) is 52.0 Å². The van der Waals surface area contributed by atoms with E-state index < -0.39 is 0 Å². The Morgan fingerprint density at radius 3 is 2.20 bits per heavy atom. The molecule has 0 aromatic carbocycles. The summed E-state index contributed by atoms with van der Waals surface area (Å²) in [5.41, 5.74) is 5.74. The summed E-state index contributed by atoms with van der Waals surface area (Å²) in [5.74, 6) is 1.37. The zero-order chi connectivity index (χ0) is 14.5. The van der Waals surface area contributed by atoms with Crippen molar-refractivity contribution in [2.24, 2.45) is 17.6 Å². The molecular formula is C16H31N3O. The van der Waals surface area contributed by atoms with Crippen LogP contribution in [-0.2, 0) is 4.79 Å². The fourth-order valence-electron chi connectivity index (χ4n) is 3.64. The zero-order valence-electron chi connectivity index (χ0n) is 13.2. The van der Waals surface area contributed by atoms with Crippen LogP contribution in [0.1, 0.15) is 46.0 Å². The number of hydrogen-bond donors (Lipinski definition) is 1. The first-order valence-electron chi connectivity index (χ1n) is 8.36. The molecule has 1 unspecified atom stereocenters. The Bertz CT molecular complexity index is 305. The van der Waals surface area contributed by atoms with Gasteiger partial charge in [0.25, 0.3) is 0 Å². The van der Waals surface area contributed by atoms with Crippen molar-refractivity contribution in [1.29, 1.82) is 0 Å². The first-order chi connectivity index (χ1) is 9.63. The number of nitrogens with two attached hydrogens (primary N) is 1. The van der Waals surface area contributed by atoms with Crippen LogP contribution in [0.4, 0.5) is 0 Å². The van der Waals surface area contributed by atoms with Crippen molar-refractivity contribution < 1.29 is 4.79 Å². The quantitative estimate of drug-likeness (QED) is 0.853. The average Bonchev–Trinajstić information content (AvgIpc) is 2.48. The molecule has 0 spiro atoms. The number of likely N-dealkylation sites (tertiary alicyclic amines) is 2. The minimum atomic E-state index is 0.0877. The highest BCUT2D eigenvalue weighted by Crippen LogP contribution is 2.22. The van der Waals surface area contributed by atoms with E-state index in [1.165, 1.54) is 19.3 Å². The maximum atomic E-state index is 12.9. The van der Waals surface area contributed by atoms with Gasteiger partial charge in [0.2, 0.25) is 5.91 Å². The Labute approximate surface area is 123 Å². The van der Waals surface area contributed by atoms with E-state index in [1.807, 2.05) is 0 Å². The predicted octanol–water partition coefficient (Wildman–Crippen LogP) is 1.69. The van der Waals surface area contributed by atoms with Crippen molar-refractivity contribution in [3.63, 3.8) is 0 Å². The first kappa shape index (κ1) is 15.8. The van der Waals surface area contributed by atoms with E-state index in [2.05, 4.69) is 23.6 Å². The minimum Gasteiger partial charge on any atom is -0.341 e. The number of amides is 1. The van der Waals surface area contributed by atoms with E-state index in [9.17, 15) is 4.79 Å². The highest BCUT2D eigenvalue weighted by Gasteiger charge is 2.34. The third-order valence-corrected chi connectivity index (χ3v) is 4.93. The third kappa shape index (κ3) is 3.73. The summed E-state index contributed by atoms with van der Waals surface area (Å²) >= 11 is 0. The summed E-state index contributed by atoms with van der Waals surface area (Å²) in [5, 5.41) is 0. The molecule has 0 aromatic rings. The van der Waals surface area contributed by atoms with E-state index >= 15 is 0 Å². The van der Waals surface area contributed by atoms with Crippen molar-refractivity contribution in [1.82, 2.24) is 9.80 Å². The minimum absolute atomic E-state index is 0.0877. The maximum Gasteiger partial charge on any atom is 0.240 e. The highest BCUT2D eigenvalue weighted by molar-refractivity contribution is 5.82. The number of carbonyl (C=O) groups is 1. The van der Waals surface area contributed by atoms with E-state index in [0.717, 1.165) is 45.6 Å². The normalized spacial score (nSPS) is 24.1. The van der Waals surface area contributed by atoms with Gasteiger partial charge < -0.3 is 10.6 Å². The molecule has 2 saturated heterocycles. The van der Waals surface area contributed by atoms with E-state index in [1.54, 1.807) is 0 Å². The summed E-state index contributed by atoms with van der Waals surface area (Å²) in [4.78, 5) is 17.4. The third-order valence-electron chi connectivity index (χ3n) is 4.93. The molecule has 0 aliphatic carbocycles. The number of rotatable bonds is 4. The Kier molecular flexibility index (Phi) is 5.85. The molecule has 4 heteroatoms. The van der Waals surface area contributed by atoms with Crippen LogP contribution >= 0.6 is 0 Å². The topological polar surface area (TPSA) is 49.6 Å². The molecule has 1 atom stereocenters. The van der Waals surface area contributed by atoms with E-state index in [0.29, 0.717) is 17.7 Å². The van der Waals surface area contributed by atoms with Crippen LogP contribution in [-0.4, -0.2) is 54.5 Å². The van der Waals surface area contributed by atoms with Crippen molar-refractivity contribution in [3.05, 3.63) is 0 Å². The average molecular weight is 281 g/mol. The van der Waals surface area contributed by atoms with Crippen molar-refractivity contribution >= 4 is 5.91 Å². The van der Waals surface area contributed by atoms with Gasteiger partial charge in [-0.25, -0.2) is 0 Å². The molecule has 2 N–H and O–H groups in total. The zero-order valence-corrected chi connectivity index (χ0v) is 13.2. The number of nitrogens with zero attached hydrogens (tertiary/aromatic N) is 2. The molecule has 20 heavy (non-hydrogen) atoms. The van der Waals surface area contributed by atoms with Gasteiger partial charge in [-0.15, -0.1) is 0 Å². The lowest BCUT2D eigenvalue weighted by atomic mass is 9.94. The number of carbonyl (C=O) groups excluding carboxylic acids is 1. The summed E-state index contributed by atoms with van der Waals surface area (Å²) in [7, 11) is 0. The van der Waals surface area contributed by atoms with Gasteiger partial charge in [0.15, 0.2) is 0 Å². The fraction of sp³-hybridized carbons (Fsp3) is 0.938. The van der Waals surface area contributed by atoms with Crippen LogP contribution in [0.25, 0.3) is 0 Å². The molecule has 2 fully saturated rings. The molecule has 4 nitrogen and oxygen atoms in total.